The number of carbonyl (C=O) groups is 4. The van der Waals surface area contributed by atoms with Crippen molar-refractivity contribution < 1.29 is 38.5 Å². The number of hydrogen-bond donors (Lipinski definition) is 4. The Bertz CT molecular complexity index is 1100. The number of carbonyl (C=O) groups excluding carboxylic acids is 3. The molecule has 4 saturated carbocycles. The van der Waals surface area contributed by atoms with Crippen molar-refractivity contribution in [3.63, 3.8) is 0 Å². The van der Waals surface area contributed by atoms with Crippen molar-refractivity contribution in [1.82, 2.24) is 0 Å². The van der Waals surface area contributed by atoms with E-state index in [1.54, 1.807) is 0 Å². The van der Waals surface area contributed by atoms with Gasteiger partial charge in [-0.3, -0.25) is 19.2 Å². The number of carboxylic acids is 1. The third-order valence-electron chi connectivity index (χ3n) is 12.9. The van der Waals surface area contributed by atoms with Gasteiger partial charge < -0.3 is 36.5 Å². The summed E-state index contributed by atoms with van der Waals surface area (Å²) in [5.74, 6) is -0.654. The van der Waals surface area contributed by atoms with Crippen LogP contribution in [0.2, 0.25) is 0 Å². The van der Waals surface area contributed by atoms with E-state index in [9.17, 15) is 24.3 Å². The van der Waals surface area contributed by atoms with Gasteiger partial charge in [0.05, 0.1) is 0 Å². The lowest BCUT2D eigenvalue weighted by Gasteiger charge is -2.64. The summed E-state index contributed by atoms with van der Waals surface area (Å²) in [7, 11) is 0. The van der Waals surface area contributed by atoms with Gasteiger partial charge in [-0.2, -0.15) is 0 Å². The fourth-order valence-corrected chi connectivity index (χ4v) is 10.4. The van der Waals surface area contributed by atoms with Crippen LogP contribution in [0.3, 0.4) is 0 Å². The Morgan fingerprint density at radius 3 is 1.96 bits per heavy atom. The molecule has 4 aliphatic carbocycles. The minimum atomic E-state index is -0.804. The van der Waals surface area contributed by atoms with Crippen LogP contribution >= 0.6 is 0 Å². The summed E-state index contributed by atoms with van der Waals surface area (Å²) in [6.45, 7) is 8.01. The maximum atomic E-state index is 13.3. The van der Waals surface area contributed by atoms with Crippen LogP contribution in [0.15, 0.2) is 0 Å². The lowest BCUT2D eigenvalue weighted by Crippen LogP contribution is -2.63. The highest BCUT2D eigenvalue weighted by atomic mass is 16.6. The molecule has 0 aromatic carbocycles. The molecule has 11 heteroatoms. The molecular formula is C36H61N3O8. The molecule has 0 aliphatic heterocycles. The number of aliphatic carboxylic acids is 1. The Balaban J connectivity index is 1.69. The molecule has 0 aromatic heterocycles. The van der Waals surface area contributed by atoms with E-state index in [1.165, 1.54) is 0 Å². The summed E-state index contributed by atoms with van der Waals surface area (Å²) >= 11 is 0. The number of hydrogen-bond acceptors (Lipinski definition) is 10. The molecule has 4 aliphatic rings. The summed E-state index contributed by atoms with van der Waals surface area (Å²) in [6, 6.07) is 0. The third-order valence-corrected chi connectivity index (χ3v) is 12.9. The first kappa shape index (κ1) is 37.6. The zero-order chi connectivity index (χ0) is 34.4. The van der Waals surface area contributed by atoms with E-state index in [2.05, 4.69) is 20.8 Å². The fraction of sp³-hybridized carbons (Fsp3) is 0.889. The van der Waals surface area contributed by atoms with Crippen LogP contribution < -0.4 is 17.2 Å². The summed E-state index contributed by atoms with van der Waals surface area (Å²) < 4.78 is 18.8. The highest BCUT2D eigenvalue weighted by Crippen LogP contribution is 2.69. The van der Waals surface area contributed by atoms with Crippen LogP contribution in [0.1, 0.15) is 117 Å². The van der Waals surface area contributed by atoms with Gasteiger partial charge in [-0.15, -0.1) is 0 Å². The average Bonchev–Trinajstić information content (AvgIpc) is 3.39. The van der Waals surface area contributed by atoms with Crippen molar-refractivity contribution in [3.05, 3.63) is 0 Å². The number of fused-ring (bicyclic) bond motifs is 5. The maximum Gasteiger partial charge on any atom is 0.306 e. The zero-order valence-electron chi connectivity index (χ0n) is 29.0. The van der Waals surface area contributed by atoms with Crippen LogP contribution in [-0.4, -0.2) is 66.9 Å². The second-order valence-corrected chi connectivity index (χ2v) is 15.5. The van der Waals surface area contributed by atoms with Gasteiger partial charge in [0.1, 0.15) is 18.3 Å². The molecule has 268 valence electrons. The molecular weight excluding hydrogens is 602 g/mol. The zero-order valence-corrected chi connectivity index (χ0v) is 29.0. The SMILES string of the molecule is C[C@H](CCC(=O)O)[C@H]1CC[C@H]2C3[C@H](OC(=O)CCCN)CC4C[C@H](OC(=O)CCCN)CCC4(C)[C@H]3C[C@H](OC(=O)CCCN)C12C. The second-order valence-electron chi connectivity index (χ2n) is 15.5. The fourth-order valence-electron chi connectivity index (χ4n) is 10.4. The number of ether oxygens (including phenoxy) is 3. The summed E-state index contributed by atoms with van der Waals surface area (Å²) in [5.41, 5.74) is 16.6. The van der Waals surface area contributed by atoms with E-state index >= 15 is 0 Å². The molecule has 0 aromatic rings. The van der Waals surface area contributed by atoms with Gasteiger partial charge in [-0.05, 0) is 125 Å². The molecule has 11 nitrogen and oxygen atoms in total. The van der Waals surface area contributed by atoms with Gasteiger partial charge in [0.15, 0.2) is 0 Å². The smallest absolute Gasteiger partial charge is 0.306 e. The summed E-state index contributed by atoms with van der Waals surface area (Å²) in [6.07, 6.45) is 7.94. The van der Waals surface area contributed by atoms with Gasteiger partial charge in [0, 0.05) is 37.0 Å². The van der Waals surface area contributed by atoms with E-state index in [-0.39, 0.29) is 96.4 Å². The number of rotatable bonds is 16. The predicted molar refractivity (Wildman–Crippen MR) is 177 cm³/mol. The minimum absolute atomic E-state index is 0.0856. The van der Waals surface area contributed by atoms with E-state index in [4.69, 9.17) is 31.4 Å². The van der Waals surface area contributed by atoms with Crippen molar-refractivity contribution in [2.75, 3.05) is 19.6 Å². The topological polar surface area (TPSA) is 194 Å². The lowest BCUT2D eigenvalue weighted by atomic mass is 9.43. The van der Waals surface area contributed by atoms with Crippen molar-refractivity contribution in [2.45, 2.75) is 135 Å². The number of carboxylic acid groups (broad SMARTS) is 1. The molecule has 0 radical (unpaired) electrons. The Hall–Kier alpha value is -2.24. The van der Waals surface area contributed by atoms with Gasteiger partial charge in [0.25, 0.3) is 0 Å². The minimum Gasteiger partial charge on any atom is -0.481 e. The quantitative estimate of drug-likeness (QED) is 0.136. The highest BCUT2D eigenvalue weighted by molar-refractivity contribution is 5.70. The molecule has 0 amide bonds. The van der Waals surface area contributed by atoms with E-state index in [0.717, 1.165) is 25.7 Å². The standard InChI is InChI=1S/C36H61N3O8/c1-22(10-13-30(40)41)25-11-12-26-34-27(21-29(36(25,26)3)47-33(44)9-6-18-39)35(2)15-14-24(45-31(42)7-4-16-37)19-23(35)20-28(34)46-32(43)8-5-17-38/h22-29,34H,4-21,37-39H2,1-3H3,(H,40,41)/t22-,23?,24-,25-,26+,27+,28-,29+,34?,35?,36?/m1/s1. The monoisotopic (exact) mass is 663 g/mol. The van der Waals surface area contributed by atoms with E-state index in [1.807, 2.05) is 0 Å². The van der Waals surface area contributed by atoms with Gasteiger partial charge in [-0.25, -0.2) is 0 Å². The van der Waals surface area contributed by atoms with Crippen molar-refractivity contribution in [3.8, 4) is 0 Å². The average molecular weight is 664 g/mol. The van der Waals surface area contributed by atoms with E-state index < -0.39 is 11.4 Å². The first-order chi connectivity index (χ1) is 22.4. The van der Waals surface area contributed by atoms with Crippen LogP contribution in [0, 0.1) is 46.3 Å². The first-order valence-corrected chi connectivity index (χ1v) is 18.3. The molecule has 7 N–H and O–H groups in total. The molecule has 0 bridgehead atoms. The summed E-state index contributed by atoms with van der Waals surface area (Å²) in [5, 5.41) is 9.46. The third kappa shape index (κ3) is 8.32. The Morgan fingerprint density at radius 2 is 1.36 bits per heavy atom. The van der Waals surface area contributed by atoms with Gasteiger partial charge in [-0.1, -0.05) is 20.8 Å². The normalized spacial score (nSPS) is 36.7. The van der Waals surface area contributed by atoms with Crippen LogP contribution in [0.4, 0.5) is 0 Å². The molecule has 0 heterocycles. The molecule has 0 spiro atoms. The largest absolute Gasteiger partial charge is 0.481 e. The molecule has 47 heavy (non-hydrogen) atoms. The number of esters is 3. The molecule has 4 unspecified atom stereocenters. The lowest BCUT2D eigenvalue weighted by molar-refractivity contribution is -0.226. The Kier molecular flexibility index (Phi) is 13.1. The van der Waals surface area contributed by atoms with Crippen LogP contribution in [-0.2, 0) is 33.4 Å². The number of nitrogens with two attached hydrogens (primary N) is 3. The predicted octanol–water partition coefficient (Wildman–Crippen LogP) is 4.32. The summed E-state index contributed by atoms with van der Waals surface area (Å²) in [4.78, 5) is 50.5. The molecule has 4 rings (SSSR count). The van der Waals surface area contributed by atoms with Crippen molar-refractivity contribution >= 4 is 23.9 Å². The van der Waals surface area contributed by atoms with Crippen LogP contribution in [0.5, 0.6) is 0 Å². The van der Waals surface area contributed by atoms with Gasteiger partial charge >= 0.3 is 23.9 Å². The van der Waals surface area contributed by atoms with Crippen molar-refractivity contribution in [2.24, 2.45) is 63.5 Å². The van der Waals surface area contributed by atoms with Crippen molar-refractivity contribution in [1.29, 1.82) is 0 Å². The molecule has 0 saturated heterocycles. The van der Waals surface area contributed by atoms with Crippen LogP contribution in [0.25, 0.3) is 0 Å². The Morgan fingerprint density at radius 1 is 0.766 bits per heavy atom. The molecule has 4 fully saturated rings. The van der Waals surface area contributed by atoms with Gasteiger partial charge in [0.2, 0.25) is 0 Å². The maximum absolute atomic E-state index is 13.3. The second kappa shape index (κ2) is 16.4. The highest BCUT2D eigenvalue weighted by Gasteiger charge is 2.67. The Labute approximate surface area is 280 Å². The first-order valence-electron chi connectivity index (χ1n) is 18.3. The molecule has 11 atom stereocenters. The van der Waals surface area contributed by atoms with E-state index in [0.29, 0.717) is 71.0 Å².